The SMILES string of the molecule is CC(C)Oc1ccc2cc(OCCCCCCl)ccc2c1. The van der Waals surface area contributed by atoms with Crippen molar-refractivity contribution in [3.05, 3.63) is 36.4 Å². The lowest BCUT2D eigenvalue weighted by atomic mass is 10.1. The van der Waals surface area contributed by atoms with Gasteiger partial charge in [0.25, 0.3) is 0 Å². The number of ether oxygens (including phenoxy) is 2. The Balaban J connectivity index is 1.98. The zero-order valence-corrected chi connectivity index (χ0v) is 13.5. The Bertz CT molecular complexity index is 566. The zero-order chi connectivity index (χ0) is 15.1. The van der Waals surface area contributed by atoms with Crippen molar-refractivity contribution in [3.63, 3.8) is 0 Å². The van der Waals surface area contributed by atoms with Gasteiger partial charge >= 0.3 is 0 Å². The minimum absolute atomic E-state index is 0.193. The molecule has 0 saturated carbocycles. The largest absolute Gasteiger partial charge is 0.494 e. The topological polar surface area (TPSA) is 18.5 Å². The molecule has 0 amide bonds. The van der Waals surface area contributed by atoms with Crippen molar-refractivity contribution in [1.82, 2.24) is 0 Å². The minimum Gasteiger partial charge on any atom is -0.494 e. The number of hydrogen-bond donors (Lipinski definition) is 0. The van der Waals surface area contributed by atoms with Crippen LogP contribution in [0.25, 0.3) is 10.8 Å². The number of alkyl halides is 1. The van der Waals surface area contributed by atoms with Gasteiger partial charge in [0, 0.05) is 5.88 Å². The van der Waals surface area contributed by atoms with E-state index in [0.29, 0.717) is 0 Å². The van der Waals surface area contributed by atoms with Crippen molar-refractivity contribution >= 4 is 22.4 Å². The molecule has 0 N–H and O–H groups in total. The third-order valence-electron chi connectivity index (χ3n) is 3.20. The number of fused-ring (bicyclic) bond motifs is 1. The number of benzene rings is 2. The van der Waals surface area contributed by atoms with Crippen LogP contribution >= 0.6 is 11.6 Å². The van der Waals surface area contributed by atoms with Gasteiger partial charge in [0.1, 0.15) is 11.5 Å². The molecule has 2 aromatic carbocycles. The lowest BCUT2D eigenvalue weighted by Crippen LogP contribution is -2.05. The van der Waals surface area contributed by atoms with Gasteiger partial charge in [0.05, 0.1) is 12.7 Å². The Labute approximate surface area is 132 Å². The van der Waals surface area contributed by atoms with Crippen LogP contribution in [0.4, 0.5) is 0 Å². The second-order valence-electron chi connectivity index (χ2n) is 5.44. The Kier molecular flexibility index (Phi) is 6.19. The van der Waals surface area contributed by atoms with Gasteiger partial charge in [0.15, 0.2) is 0 Å². The first-order valence-electron chi connectivity index (χ1n) is 7.58. The molecule has 0 aliphatic rings. The second-order valence-corrected chi connectivity index (χ2v) is 5.81. The Morgan fingerprint density at radius 3 is 2.24 bits per heavy atom. The van der Waals surface area contributed by atoms with Crippen LogP contribution in [0.3, 0.4) is 0 Å². The standard InChI is InChI=1S/C18H23ClO2/c1-14(2)21-18-9-7-15-12-17(8-6-16(15)13-18)20-11-5-3-4-10-19/h6-9,12-14H,3-5,10-11H2,1-2H3. The van der Waals surface area contributed by atoms with Gasteiger partial charge in [-0.1, -0.05) is 12.1 Å². The quantitative estimate of drug-likeness (QED) is 0.479. The molecule has 2 aromatic rings. The van der Waals surface area contributed by atoms with Gasteiger partial charge in [-0.2, -0.15) is 0 Å². The molecular weight excluding hydrogens is 284 g/mol. The number of rotatable bonds is 8. The van der Waals surface area contributed by atoms with Crippen molar-refractivity contribution in [3.8, 4) is 11.5 Å². The maximum absolute atomic E-state index is 5.78. The third kappa shape index (κ3) is 5.13. The summed E-state index contributed by atoms with van der Waals surface area (Å²) in [6, 6.07) is 12.3. The fourth-order valence-corrected chi connectivity index (χ4v) is 2.39. The molecular formula is C18H23ClO2. The van der Waals surface area contributed by atoms with Crippen molar-refractivity contribution in [1.29, 1.82) is 0 Å². The lowest BCUT2D eigenvalue weighted by Gasteiger charge is -2.11. The molecule has 2 nitrogen and oxygen atoms in total. The van der Waals surface area contributed by atoms with Gasteiger partial charge in [-0.3, -0.25) is 0 Å². The maximum atomic E-state index is 5.78. The van der Waals surface area contributed by atoms with Gasteiger partial charge in [-0.05, 0) is 68.1 Å². The summed E-state index contributed by atoms with van der Waals surface area (Å²) in [5.41, 5.74) is 0. The summed E-state index contributed by atoms with van der Waals surface area (Å²) in [6.45, 7) is 4.81. The summed E-state index contributed by atoms with van der Waals surface area (Å²) in [5, 5.41) is 2.34. The van der Waals surface area contributed by atoms with Crippen LogP contribution in [0.5, 0.6) is 11.5 Å². The van der Waals surface area contributed by atoms with Crippen LogP contribution in [0.15, 0.2) is 36.4 Å². The van der Waals surface area contributed by atoms with Crippen molar-refractivity contribution < 1.29 is 9.47 Å². The summed E-state index contributed by atoms with van der Waals surface area (Å²) >= 11 is 5.66. The third-order valence-corrected chi connectivity index (χ3v) is 3.47. The Hall–Kier alpha value is -1.41. The van der Waals surface area contributed by atoms with Crippen LogP contribution in [0.1, 0.15) is 33.1 Å². The van der Waals surface area contributed by atoms with E-state index >= 15 is 0 Å². The van der Waals surface area contributed by atoms with E-state index in [4.69, 9.17) is 21.1 Å². The molecule has 3 heteroatoms. The van der Waals surface area contributed by atoms with Gasteiger partial charge in [-0.25, -0.2) is 0 Å². The highest BCUT2D eigenvalue weighted by atomic mass is 35.5. The molecule has 2 rings (SSSR count). The lowest BCUT2D eigenvalue weighted by molar-refractivity contribution is 0.243. The van der Waals surface area contributed by atoms with E-state index in [0.717, 1.165) is 43.2 Å². The maximum Gasteiger partial charge on any atom is 0.120 e. The molecule has 0 atom stereocenters. The first kappa shape index (κ1) is 16.0. The van der Waals surface area contributed by atoms with Crippen LogP contribution in [-0.4, -0.2) is 18.6 Å². The summed E-state index contributed by atoms with van der Waals surface area (Å²) in [5.74, 6) is 2.56. The molecule has 0 heterocycles. The molecule has 0 spiro atoms. The predicted octanol–water partition coefficient (Wildman–Crippen LogP) is 5.41. The highest BCUT2D eigenvalue weighted by molar-refractivity contribution is 6.17. The van der Waals surface area contributed by atoms with Gasteiger partial charge in [-0.15, -0.1) is 11.6 Å². The predicted molar refractivity (Wildman–Crippen MR) is 89.8 cm³/mol. The fraction of sp³-hybridized carbons (Fsp3) is 0.444. The van der Waals surface area contributed by atoms with Crippen molar-refractivity contribution in [2.45, 2.75) is 39.2 Å². The highest BCUT2D eigenvalue weighted by Crippen LogP contribution is 2.25. The summed E-state index contributed by atoms with van der Waals surface area (Å²) < 4.78 is 11.5. The molecule has 0 aliphatic carbocycles. The van der Waals surface area contributed by atoms with E-state index in [9.17, 15) is 0 Å². The number of hydrogen-bond acceptors (Lipinski definition) is 2. The number of unbranched alkanes of at least 4 members (excludes halogenated alkanes) is 2. The normalized spacial score (nSPS) is 11.0. The van der Waals surface area contributed by atoms with Gasteiger partial charge in [0.2, 0.25) is 0 Å². The molecule has 0 bridgehead atoms. The first-order valence-corrected chi connectivity index (χ1v) is 8.12. The number of halogens is 1. The van der Waals surface area contributed by atoms with Crippen molar-refractivity contribution in [2.24, 2.45) is 0 Å². The fourth-order valence-electron chi connectivity index (χ4n) is 2.20. The van der Waals surface area contributed by atoms with E-state index in [1.165, 1.54) is 10.8 Å². The molecule has 0 aromatic heterocycles. The van der Waals surface area contributed by atoms with Crippen LogP contribution < -0.4 is 9.47 Å². The molecule has 0 aliphatic heterocycles. The van der Waals surface area contributed by atoms with E-state index in [1.54, 1.807) is 0 Å². The second kappa shape index (κ2) is 8.14. The van der Waals surface area contributed by atoms with E-state index in [2.05, 4.69) is 24.3 Å². The van der Waals surface area contributed by atoms with Crippen LogP contribution in [0, 0.1) is 0 Å². The monoisotopic (exact) mass is 306 g/mol. The highest BCUT2D eigenvalue weighted by Gasteiger charge is 2.02. The molecule has 0 unspecified atom stereocenters. The zero-order valence-electron chi connectivity index (χ0n) is 12.8. The molecule has 0 radical (unpaired) electrons. The average Bonchev–Trinajstić information content (AvgIpc) is 2.46. The van der Waals surface area contributed by atoms with Gasteiger partial charge < -0.3 is 9.47 Å². The van der Waals surface area contributed by atoms with Crippen LogP contribution in [0.2, 0.25) is 0 Å². The summed E-state index contributed by atoms with van der Waals surface area (Å²) in [6.07, 6.45) is 3.42. The minimum atomic E-state index is 0.193. The van der Waals surface area contributed by atoms with E-state index in [-0.39, 0.29) is 6.10 Å². The first-order chi connectivity index (χ1) is 10.2. The van der Waals surface area contributed by atoms with E-state index < -0.39 is 0 Å². The molecule has 0 fully saturated rings. The summed E-state index contributed by atoms with van der Waals surface area (Å²) in [4.78, 5) is 0. The molecule has 21 heavy (non-hydrogen) atoms. The van der Waals surface area contributed by atoms with E-state index in [1.807, 2.05) is 26.0 Å². The molecule has 0 saturated heterocycles. The summed E-state index contributed by atoms with van der Waals surface area (Å²) in [7, 11) is 0. The average molecular weight is 307 g/mol. The van der Waals surface area contributed by atoms with Crippen LogP contribution in [-0.2, 0) is 0 Å². The molecule has 114 valence electrons. The van der Waals surface area contributed by atoms with Crippen molar-refractivity contribution in [2.75, 3.05) is 12.5 Å². The Morgan fingerprint density at radius 1 is 0.905 bits per heavy atom. The smallest absolute Gasteiger partial charge is 0.120 e. The Morgan fingerprint density at radius 2 is 1.57 bits per heavy atom.